The number of aromatic hydroxyl groups is 1. The zero-order chi connectivity index (χ0) is 12.8. The lowest BCUT2D eigenvalue weighted by Crippen LogP contribution is -2.16. The summed E-state index contributed by atoms with van der Waals surface area (Å²) in [7, 11) is 0. The summed E-state index contributed by atoms with van der Waals surface area (Å²) in [6.45, 7) is 2.19. The van der Waals surface area contributed by atoms with E-state index in [4.69, 9.17) is 5.11 Å². The maximum Gasteiger partial charge on any atom is 0.165 e. The molecule has 0 radical (unpaired) electrons. The molecule has 0 bridgehead atoms. The maximum absolute atomic E-state index is 13.0. The lowest BCUT2D eigenvalue weighted by molar-refractivity contribution is 0.431. The second-order valence-corrected chi connectivity index (χ2v) is 3.98. The van der Waals surface area contributed by atoms with Gasteiger partial charge in [0.2, 0.25) is 0 Å². The molecule has 1 aromatic carbocycles. The maximum atomic E-state index is 13.0. The van der Waals surface area contributed by atoms with Crippen molar-refractivity contribution in [1.82, 2.24) is 20.3 Å². The van der Waals surface area contributed by atoms with Crippen molar-refractivity contribution in [2.24, 2.45) is 0 Å². The Kier molecular flexibility index (Phi) is 4.25. The predicted octanol–water partition coefficient (Wildman–Crippen LogP) is 1.30. The summed E-state index contributed by atoms with van der Waals surface area (Å²) < 4.78 is 14.8. The molecular formula is C12H15FN4O. The number of phenols is 1. The zero-order valence-corrected chi connectivity index (χ0v) is 9.88. The number of phenolic OH excluding ortho intramolecular Hbond substituents is 1. The molecule has 0 aliphatic rings. The van der Waals surface area contributed by atoms with Gasteiger partial charge in [0.1, 0.15) is 0 Å². The molecular weight excluding hydrogens is 235 g/mol. The molecule has 0 atom stereocenters. The van der Waals surface area contributed by atoms with Crippen molar-refractivity contribution in [2.75, 3.05) is 6.54 Å². The van der Waals surface area contributed by atoms with Crippen LogP contribution in [-0.4, -0.2) is 26.6 Å². The van der Waals surface area contributed by atoms with Crippen molar-refractivity contribution in [3.63, 3.8) is 0 Å². The molecule has 1 heterocycles. The predicted molar refractivity (Wildman–Crippen MR) is 64.4 cm³/mol. The third-order valence-corrected chi connectivity index (χ3v) is 2.55. The van der Waals surface area contributed by atoms with E-state index in [1.807, 2.05) is 6.20 Å². The summed E-state index contributed by atoms with van der Waals surface area (Å²) in [6, 6.07) is 4.39. The summed E-state index contributed by atoms with van der Waals surface area (Å²) in [4.78, 5) is 0. The van der Waals surface area contributed by atoms with Crippen molar-refractivity contribution in [3.8, 4) is 5.75 Å². The summed E-state index contributed by atoms with van der Waals surface area (Å²) in [5, 5.41) is 19.8. The van der Waals surface area contributed by atoms with Crippen molar-refractivity contribution in [1.29, 1.82) is 0 Å². The molecule has 0 amide bonds. The molecule has 2 aromatic rings. The zero-order valence-electron chi connectivity index (χ0n) is 9.88. The van der Waals surface area contributed by atoms with E-state index in [1.54, 1.807) is 16.9 Å². The van der Waals surface area contributed by atoms with E-state index in [2.05, 4.69) is 15.6 Å². The fraction of sp³-hybridized carbons (Fsp3) is 0.333. The fourth-order valence-corrected chi connectivity index (χ4v) is 1.61. The molecule has 2 N–H and O–H groups in total. The average Bonchev–Trinajstić information content (AvgIpc) is 2.86. The molecule has 0 aliphatic heterocycles. The van der Waals surface area contributed by atoms with Gasteiger partial charge in [-0.3, -0.25) is 4.68 Å². The van der Waals surface area contributed by atoms with Gasteiger partial charge in [-0.05, 0) is 30.7 Å². The Morgan fingerprint density at radius 2 is 2.28 bits per heavy atom. The number of aryl methyl sites for hydroxylation is 1. The number of nitrogens with zero attached hydrogens (tertiary/aromatic N) is 3. The van der Waals surface area contributed by atoms with E-state index < -0.39 is 5.82 Å². The van der Waals surface area contributed by atoms with Crippen LogP contribution in [0, 0.1) is 5.82 Å². The van der Waals surface area contributed by atoms with Gasteiger partial charge >= 0.3 is 0 Å². The molecule has 0 saturated heterocycles. The topological polar surface area (TPSA) is 63.0 Å². The smallest absolute Gasteiger partial charge is 0.165 e. The van der Waals surface area contributed by atoms with Gasteiger partial charge in [0.15, 0.2) is 11.6 Å². The molecule has 96 valence electrons. The van der Waals surface area contributed by atoms with Crippen LogP contribution in [0.15, 0.2) is 30.6 Å². The number of halogens is 1. The first-order chi connectivity index (χ1) is 8.75. The Labute approximate surface area is 104 Å². The van der Waals surface area contributed by atoms with E-state index in [1.165, 1.54) is 12.1 Å². The number of benzene rings is 1. The number of hydrogen-bond acceptors (Lipinski definition) is 4. The largest absolute Gasteiger partial charge is 0.505 e. The highest BCUT2D eigenvalue weighted by atomic mass is 19.1. The summed E-state index contributed by atoms with van der Waals surface area (Å²) >= 11 is 0. The minimum Gasteiger partial charge on any atom is -0.505 e. The van der Waals surface area contributed by atoms with Crippen LogP contribution in [0.4, 0.5) is 4.39 Å². The molecule has 6 heteroatoms. The van der Waals surface area contributed by atoms with Crippen molar-refractivity contribution in [3.05, 3.63) is 42.0 Å². The van der Waals surface area contributed by atoms with Crippen LogP contribution in [0.1, 0.15) is 12.0 Å². The quantitative estimate of drug-likeness (QED) is 0.759. The first kappa shape index (κ1) is 12.5. The first-order valence-electron chi connectivity index (χ1n) is 5.78. The van der Waals surface area contributed by atoms with Gasteiger partial charge < -0.3 is 10.4 Å². The van der Waals surface area contributed by atoms with Crippen LogP contribution in [0.3, 0.4) is 0 Å². The second kappa shape index (κ2) is 6.11. The Bertz CT molecular complexity index is 487. The molecule has 0 fully saturated rings. The van der Waals surface area contributed by atoms with Gasteiger partial charge in [0.05, 0.1) is 6.20 Å². The van der Waals surface area contributed by atoms with Gasteiger partial charge in [-0.25, -0.2) is 4.39 Å². The Hall–Kier alpha value is -1.95. The minimum absolute atomic E-state index is 0.315. The molecule has 2 rings (SSSR count). The highest BCUT2D eigenvalue weighted by molar-refractivity contribution is 5.27. The van der Waals surface area contributed by atoms with Crippen LogP contribution in [0.2, 0.25) is 0 Å². The van der Waals surface area contributed by atoms with Gasteiger partial charge in [-0.1, -0.05) is 11.3 Å². The van der Waals surface area contributed by atoms with Crippen LogP contribution in [0.5, 0.6) is 5.75 Å². The average molecular weight is 250 g/mol. The van der Waals surface area contributed by atoms with Gasteiger partial charge in [-0.2, -0.15) is 0 Å². The van der Waals surface area contributed by atoms with E-state index in [-0.39, 0.29) is 5.75 Å². The van der Waals surface area contributed by atoms with Crippen LogP contribution in [0.25, 0.3) is 0 Å². The van der Waals surface area contributed by atoms with Crippen molar-refractivity contribution < 1.29 is 9.50 Å². The summed E-state index contributed by atoms with van der Waals surface area (Å²) in [6.07, 6.45) is 4.38. The van der Waals surface area contributed by atoms with E-state index in [0.717, 1.165) is 25.1 Å². The SMILES string of the molecule is Oc1ccc(CNCCCn2ccnn2)cc1F. The molecule has 18 heavy (non-hydrogen) atoms. The van der Waals surface area contributed by atoms with Gasteiger partial charge in [0, 0.05) is 19.3 Å². The lowest BCUT2D eigenvalue weighted by Gasteiger charge is -2.05. The molecule has 0 aliphatic carbocycles. The highest BCUT2D eigenvalue weighted by Gasteiger charge is 2.01. The standard InChI is InChI=1S/C12H15FN4O/c13-11-8-10(2-3-12(11)18)9-14-4-1-6-17-7-5-15-16-17/h2-3,5,7-8,14,18H,1,4,6,9H2. The number of rotatable bonds is 6. The van der Waals surface area contributed by atoms with Crippen LogP contribution < -0.4 is 5.32 Å². The van der Waals surface area contributed by atoms with Gasteiger partial charge in [-0.15, -0.1) is 5.10 Å². The van der Waals surface area contributed by atoms with E-state index >= 15 is 0 Å². The summed E-state index contributed by atoms with van der Waals surface area (Å²) in [5.74, 6) is -0.901. The fourth-order valence-electron chi connectivity index (χ4n) is 1.61. The normalized spacial score (nSPS) is 10.7. The molecule has 0 unspecified atom stereocenters. The summed E-state index contributed by atoms with van der Waals surface area (Å²) in [5.41, 5.74) is 0.811. The number of hydrogen-bond donors (Lipinski definition) is 2. The Balaban J connectivity index is 1.67. The minimum atomic E-state index is -0.586. The second-order valence-electron chi connectivity index (χ2n) is 3.98. The van der Waals surface area contributed by atoms with E-state index in [9.17, 15) is 4.39 Å². The third-order valence-electron chi connectivity index (χ3n) is 2.55. The first-order valence-corrected chi connectivity index (χ1v) is 5.78. The Morgan fingerprint density at radius 3 is 3.00 bits per heavy atom. The van der Waals surface area contributed by atoms with Crippen LogP contribution >= 0.6 is 0 Å². The number of aromatic nitrogens is 3. The van der Waals surface area contributed by atoms with Gasteiger partial charge in [0.25, 0.3) is 0 Å². The lowest BCUT2D eigenvalue weighted by atomic mass is 10.2. The molecule has 0 saturated carbocycles. The van der Waals surface area contributed by atoms with Crippen molar-refractivity contribution >= 4 is 0 Å². The van der Waals surface area contributed by atoms with E-state index in [0.29, 0.717) is 6.54 Å². The third kappa shape index (κ3) is 3.53. The van der Waals surface area contributed by atoms with Crippen molar-refractivity contribution in [2.45, 2.75) is 19.5 Å². The molecule has 1 aromatic heterocycles. The van der Waals surface area contributed by atoms with Crippen LogP contribution in [-0.2, 0) is 13.1 Å². The highest BCUT2D eigenvalue weighted by Crippen LogP contribution is 2.15. The monoisotopic (exact) mass is 250 g/mol. The molecule has 0 spiro atoms. The Morgan fingerprint density at radius 1 is 1.39 bits per heavy atom. The number of nitrogens with one attached hydrogen (secondary N) is 1. The molecule has 5 nitrogen and oxygen atoms in total.